The van der Waals surface area contributed by atoms with Gasteiger partial charge in [0.2, 0.25) is 0 Å². The van der Waals surface area contributed by atoms with Crippen LogP contribution in [0.15, 0.2) is 83.9 Å². The number of carbonyl (C=O) groups is 1. The summed E-state index contributed by atoms with van der Waals surface area (Å²) in [5.41, 5.74) is -0.233. The fourth-order valence-corrected chi connectivity index (χ4v) is 3.91. The number of rotatable bonds is 6. The Kier molecular flexibility index (Phi) is 5.97. The Bertz CT molecular complexity index is 1420. The number of phenols is 1. The lowest BCUT2D eigenvalue weighted by atomic mass is 10.1. The lowest BCUT2D eigenvalue weighted by Crippen LogP contribution is -2.21. The summed E-state index contributed by atoms with van der Waals surface area (Å²) in [4.78, 5) is 16.0. The third-order valence-corrected chi connectivity index (χ3v) is 5.68. The van der Waals surface area contributed by atoms with Gasteiger partial charge in [0.1, 0.15) is 21.9 Å². The van der Waals surface area contributed by atoms with E-state index in [1.807, 2.05) is 18.2 Å². The van der Waals surface area contributed by atoms with Crippen LogP contribution in [0.4, 0.5) is 5.69 Å². The number of phenolic OH excluding ortho intramolecular Hbond substituents is 1. The lowest BCUT2D eigenvalue weighted by Gasteiger charge is -2.15. The van der Waals surface area contributed by atoms with Gasteiger partial charge in [-0.25, -0.2) is 0 Å². The van der Waals surface area contributed by atoms with Gasteiger partial charge >= 0.3 is 0 Å². The molecule has 0 fully saturated rings. The third kappa shape index (κ3) is 4.77. The van der Waals surface area contributed by atoms with Crippen molar-refractivity contribution in [2.45, 2.75) is 11.0 Å². The van der Waals surface area contributed by atoms with Crippen molar-refractivity contribution in [3.8, 4) is 17.2 Å². The van der Waals surface area contributed by atoms with E-state index in [1.54, 1.807) is 24.3 Å². The van der Waals surface area contributed by atoms with Crippen LogP contribution in [0, 0.1) is 0 Å². The molecular formula is C23H18N2O7S. The molecule has 1 atom stereocenters. The largest absolute Gasteiger partial charge is 0.504 e. The molecule has 0 aliphatic heterocycles. The zero-order valence-corrected chi connectivity index (χ0v) is 17.7. The molecule has 4 N–H and O–H groups in total. The molecule has 0 radical (unpaired) electrons. The average molecular weight is 466 g/mol. The Hall–Kier alpha value is -3.99. The van der Waals surface area contributed by atoms with Crippen LogP contribution in [-0.2, 0) is 14.9 Å². The smallest absolute Gasteiger partial charge is 0.295 e. The maximum Gasteiger partial charge on any atom is 0.295 e. The molecule has 33 heavy (non-hydrogen) atoms. The molecule has 1 unspecified atom stereocenters. The second kappa shape index (κ2) is 8.87. The predicted octanol–water partition coefficient (Wildman–Crippen LogP) is 3.65. The second-order valence-electron chi connectivity index (χ2n) is 7.02. The molecule has 1 aromatic heterocycles. The predicted molar refractivity (Wildman–Crippen MR) is 120 cm³/mol. The van der Waals surface area contributed by atoms with Gasteiger partial charge in [0, 0.05) is 11.6 Å². The Balaban J connectivity index is 1.57. The van der Waals surface area contributed by atoms with E-state index in [-0.39, 0.29) is 22.2 Å². The Morgan fingerprint density at radius 3 is 2.30 bits per heavy atom. The second-order valence-corrected chi connectivity index (χ2v) is 8.41. The highest BCUT2D eigenvalue weighted by molar-refractivity contribution is 7.86. The zero-order chi connectivity index (χ0) is 23.6. The SMILES string of the molecule is O=C(Nc1cc(S(=O)(=O)O)c2cccnc2c1O)C(O)c1ccc(Oc2ccccc2)cc1. The number of carbonyl (C=O) groups excluding carboxylic acids is 1. The van der Waals surface area contributed by atoms with Gasteiger partial charge in [0.15, 0.2) is 11.9 Å². The fraction of sp³-hybridized carbons (Fsp3) is 0.0435. The standard InChI is InChI=1S/C23H18N2O7S/c26-21(14-8-10-16(11-9-14)32-15-5-2-1-3-6-15)23(28)25-18-13-19(33(29,30)31)17-7-4-12-24-20(17)22(18)27/h1-13,21,26-27H,(H,25,28)(H,29,30,31). The number of nitrogens with zero attached hydrogens (tertiary/aromatic N) is 1. The normalized spacial score (nSPS) is 12.3. The molecule has 0 bridgehead atoms. The van der Waals surface area contributed by atoms with Crippen LogP contribution >= 0.6 is 0 Å². The molecule has 0 saturated carbocycles. The average Bonchev–Trinajstić information content (AvgIpc) is 2.81. The van der Waals surface area contributed by atoms with Crippen LogP contribution in [0.3, 0.4) is 0 Å². The number of hydrogen-bond donors (Lipinski definition) is 4. The van der Waals surface area contributed by atoms with Crippen molar-refractivity contribution in [3.63, 3.8) is 0 Å². The van der Waals surface area contributed by atoms with Crippen LogP contribution in [0.2, 0.25) is 0 Å². The number of fused-ring (bicyclic) bond motifs is 1. The number of aliphatic hydroxyl groups excluding tert-OH is 1. The maximum absolute atomic E-state index is 12.6. The molecule has 10 heteroatoms. The van der Waals surface area contributed by atoms with Crippen molar-refractivity contribution in [1.29, 1.82) is 0 Å². The Labute approximate surface area is 188 Å². The number of pyridine rings is 1. The van der Waals surface area contributed by atoms with Crippen molar-refractivity contribution >= 4 is 32.6 Å². The molecule has 1 heterocycles. The summed E-state index contributed by atoms with van der Waals surface area (Å²) in [7, 11) is -4.69. The van der Waals surface area contributed by atoms with Crippen LogP contribution in [0.1, 0.15) is 11.7 Å². The first-order valence-corrected chi connectivity index (χ1v) is 11.1. The number of nitrogens with one attached hydrogen (secondary N) is 1. The van der Waals surface area contributed by atoms with E-state index in [9.17, 15) is 28.0 Å². The number of aliphatic hydroxyl groups is 1. The van der Waals surface area contributed by atoms with Crippen molar-refractivity contribution in [1.82, 2.24) is 4.98 Å². The van der Waals surface area contributed by atoms with E-state index in [4.69, 9.17) is 4.74 Å². The molecule has 4 rings (SSSR count). The first kappa shape index (κ1) is 22.2. The first-order chi connectivity index (χ1) is 15.7. The molecule has 0 aliphatic carbocycles. The topological polar surface area (TPSA) is 146 Å². The van der Waals surface area contributed by atoms with Gasteiger partial charge in [0.05, 0.1) is 5.69 Å². The highest BCUT2D eigenvalue weighted by atomic mass is 32.2. The van der Waals surface area contributed by atoms with E-state index >= 15 is 0 Å². The van der Waals surface area contributed by atoms with E-state index < -0.39 is 32.8 Å². The number of benzene rings is 3. The molecule has 4 aromatic rings. The van der Waals surface area contributed by atoms with Crippen molar-refractivity contribution in [2.24, 2.45) is 0 Å². The summed E-state index contributed by atoms with van der Waals surface area (Å²) in [5, 5.41) is 23.2. The number of aromatic nitrogens is 1. The minimum atomic E-state index is -4.69. The third-order valence-electron chi connectivity index (χ3n) is 4.79. The molecule has 3 aromatic carbocycles. The number of aromatic hydroxyl groups is 1. The number of ether oxygens (including phenoxy) is 1. The number of anilines is 1. The molecule has 168 valence electrons. The summed E-state index contributed by atoms with van der Waals surface area (Å²) in [6.45, 7) is 0. The van der Waals surface area contributed by atoms with E-state index in [1.165, 1.54) is 30.5 Å². The minimum Gasteiger partial charge on any atom is -0.504 e. The zero-order valence-electron chi connectivity index (χ0n) is 16.9. The van der Waals surface area contributed by atoms with Gasteiger partial charge in [-0.15, -0.1) is 0 Å². The lowest BCUT2D eigenvalue weighted by molar-refractivity contribution is -0.124. The Morgan fingerprint density at radius 1 is 0.970 bits per heavy atom. The fourth-order valence-electron chi connectivity index (χ4n) is 3.20. The van der Waals surface area contributed by atoms with E-state index in [0.717, 1.165) is 6.07 Å². The molecule has 0 spiro atoms. The molecule has 0 aliphatic rings. The summed E-state index contributed by atoms with van der Waals surface area (Å²) in [6.07, 6.45) is -0.321. The van der Waals surface area contributed by atoms with Crippen molar-refractivity contribution in [3.05, 3.63) is 84.6 Å². The maximum atomic E-state index is 12.6. The molecule has 0 saturated heterocycles. The van der Waals surface area contributed by atoms with Gasteiger partial charge in [-0.05, 0) is 48.0 Å². The van der Waals surface area contributed by atoms with Crippen LogP contribution in [0.5, 0.6) is 17.2 Å². The van der Waals surface area contributed by atoms with Crippen LogP contribution in [0.25, 0.3) is 10.9 Å². The molecule has 9 nitrogen and oxygen atoms in total. The van der Waals surface area contributed by atoms with Crippen molar-refractivity contribution < 1.29 is 32.7 Å². The summed E-state index contributed by atoms with van der Waals surface area (Å²) in [5.74, 6) is -0.323. The molecular weight excluding hydrogens is 448 g/mol. The van der Waals surface area contributed by atoms with Crippen LogP contribution in [-0.4, -0.2) is 34.1 Å². The van der Waals surface area contributed by atoms with Gasteiger partial charge in [-0.2, -0.15) is 8.42 Å². The first-order valence-electron chi connectivity index (χ1n) is 9.64. The quantitative estimate of drug-likeness (QED) is 0.249. The summed E-state index contributed by atoms with van der Waals surface area (Å²) in [6, 6.07) is 18.9. The highest BCUT2D eigenvalue weighted by Crippen LogP contribution is 2.36. The van der Waals surface area contributed by atoms with Gasteiger partial charge in [-0.1, -0.05) is 30.3 Å². The summed E-state index contributed by atoms with van der Waals surface area (Å²) >= 11 is 0. The number of hydrogen-bond acceptors (Lipinski definition) is 7. The van der Waals surface area contributed by atoms with Gasteiger partial charge in [0.25, 0.3) is 16.0 Å². The summed E-state index contributed by atoms with van der Waals surface area (Å²) < 4.78 is 38.8. The van der Waals surface area contributed by atoms with Gasteiger partial charge < -0.3 is 20.3 Å². The number of amides is 1. The highest BCUT2D eigenvalue weighted by Gasteiger charge is 2.24. The monoisotopic (exact) mass is 466 g/mol. The van der Waals surface area contributed by atoms with E-state index in [2.05, 4.69) is 10.3 Å². The Morgan fingerprint density at radius 2 is 1.64 bits per heavy atom. The van der Waals surface area contributed by atoms with Crippen molar-refractivity contribution in [2.75, 3.05) is 5.32 Å². The van der Waals surface area contributed by atoms with Crippen LogP contribution < -0.4 is 10.1 Å². The van der Waals surface area contributed by atoms with E-state index in [0.29, 0.717) is 11.5 Å². The van der Waals surface area contributed by atoms with Gasteiger partial charge in [-0.3, -0.25) is 14.3 Å². The molecule has 1 amide bonds. The number of para-hydroxylation sites is 1. The minimum absolute atomic E-state index is 0.0231.